The van der Waals surface area contributed by atoms with E-state index in [0.29, 0.717) is 0 Å². The van der Waals surface area contributed by atoms with Crippen LogP contribution in [0.15, 0.2) is 46.9 Å². The maximum Gasteiger partial charge on any atom is 0.128 e. The zero-order valence-electron chi connectivity index (χ0n) is 10.5. The summed E-state index contributed by atoms with van der Waals surface area (Å²) in [5, 5.41) is 10.6. The number of rotatable bonds is 2. The molecule has 98 valence electrons. The van der Waals surface area contributed by atoms with Crippen LogP contribution in [0.2, 0.25) is 0 Å². The van der Waals surface area contributed by atoms with Crippen LogP contribution in [0.5, 0.6) is 5.75 Å². The standard InChI is InChI=1S/C16H15BrO2/c17-14-9-2-1-7-12(14)15(18)13-8-3-5-11-6-4-10-19-16(11)13/h1-3,5,7-9,15,18H,4,6,10H2. The SMILES string of the molecule is OC(c1ccccc1Br)c1cccc2c1OCCC2. The lowest BCUT2D eigenvalue weighted by atomic mass is 9.96. The first-order valence-electron chi connectivity index (χ1n) is 6.44. The van der Waals surface area contributed by atoms with Crippen molar-refractivity contribution >= 4 is 15.9 Å². The summed E-state index contributed by atoms with van der Waals surface area (Å²) in [7, 11) is 0. The average Bonchev–Trinajstić information content (AvgIpc) is 2.46. The Morgan fingerprint density at radius 3 is 2.68 bits per heavy atom. The Labute approximate surface area is 121 Å². The van der Waals surface area contributed by atoms with Crippen LogP contribution in [-0.2, 0) is 6.42 Å². The monoisotopic (exact) mass is 318 g/mol. The highest BCUT2D eigenvalue weighted by atomic mass is 79.9. The first-order valence-corrected chi connectivity index (χ1v) is 7.24. The molecule has 0 aromatic heterocycles. The van der Waals surface area contributed by atoms with Gasteiger partial charge in [0, 0.05) is 10.0 Å². The zero-order chi connectivity index (χ0) is 13.2. The Morgan fingerprint density at radius 2 is 1.84 bits per heavy atom. The summed E-state index contributed by atoms with van der Waals surface area (Å²) in [5.74, 6) is 0.858. The second-order valence-electron chi connectivity index (χ2n) is 4.71. The number of aryl methyl sites for hydroxylation is 1. The fourth-order valence-electron chi connectivity index (χ4n) is 2.49. The highest BCUT2D eigenvalue weighted by molar-refractivity contribution is 9.10. The van der Waals surface area contributed by atoms with Gasteiger partial charge in [0.05, 0.1) is 6.61 Å². The molecule has 2 aromatic rings. The van der Waals surface area contributed by atoms with Crippen molar-refractivity contribution in [2.45, 2.75) is 18.9 Å². The Bertz CT molecular complexity index is 595. The largest absolute Gasteiger partial charge is 0.493 e. The van der Waals surface area contributed by atoms with Gasteiger partial charge in [0.15, 0.2) is 0 Å². The summed E-state index contributed by atoms with van der Waals surface area (Å²) >= 11 is 3.49. The second-order valence-corrected chi connectivity index (χ2v) is 5.57. The molecular weight excluding hydrogens is 304 g/mol. The second kappa shape index (κ2) is 5.35. The number of halogens is 1. The van der Waals surface area contributed by atoms with E-state index in [0.717, 1.165) is 40.8 Å². The molecule has 0 saturated carbocycles. The number of benzene rings is 2. The fourth-order valence-corrected chi connectivity index (χ4v) is 3.00. The van der Waals surface area contributed by atoms with Crippen LogP contribution in [-0.4, -0.2) is 11.7 Å². The van der Waals surface area contributed by atoms with Gasteiger partial charge in [-0.2, -0.15) is 0 Å². The van der Waals surface area contributed by atoms with Crippen LogP contribution in [0.1, 0.15) is 29.2 Å². The van der Waals surface area contributed by atoms with Crippen LogP contribution in [0, 0.1) is 0 Å². The van der Waals surface area contributed by atoms with E-state index in [1.807, 2.05) is 36.4 Å². The van der Waals surface area contributed by atoms with Crippen molar-refractivity contribution in [1.82, 2.24) is 0 Å². The van der Waals surface area contributed by atoms with Crippen molar-refractivity contribution < 1.29 is 9.84 Å². The number of fused-ring (bicyclic) bond motifs is 1. The lowest BCUT2D eigenvalue weighted by Gasteiger charge is -2.23. The van der Waals surface area contributed by atoms with Crippen molar-refractivity contribution in [3.63, 3.8) is 0 Å². The summed E-state index contributed by atoms with van der Waals surface area (Å²) in [6.45, 7) is 0.729. The van der Waals surface area contributed by atoms with E-state index < -0.39 is 6.10 Å². The van der Waals surface area contributed by atoms with Gasteiger partial charge in [-0.1, -0.05) is 52.3 Å². The quantitative estimate of drug-likeness (QED) is 0.911. The lowest BCUT2D eigenvalue weighted by Crippen LogP contribution is -2.12. The molecule has 0 saturated heterocycles. The molecule has 1 N–H and O–H groups in total. The number of hydrogen-bond acceptors (Lipinski definition) is 2. The Balaban J connectivity index is 2.05. The third-order valence-electron chi connectivity index (χ3n) is 3.46. The van der Waals surface area contributed by atoms with Crippen molar-refractivity contribution in [1.29, 1.82) is 0 Å². The third kappa shape index (κ3) is 2.40. The van der Waals surface area contributed by atoms with Gasteiger partial charge in [-0.15, -0.1) is 0 Å². The van der Waals surface area contributed by atoms with Crippen LogP contribution in [0.3, 0.4) is 0 Å². The molecule has 1 heterocycles. The molecule has 0 fully saturated rings. The summed E-state index contributed by atoms with van der Waals surface area (Å²) in [6, 6.07) is 13.7. The highest BCUT2D eigenvalue weighted by Crippen LogP contribution is 2.37. The number of ether oxygens (including phenoxy) is 1. The van der Waals surface area contributed by atoms with Gasteiger partial charge in [-0.25, -0.2) is 0 Å². The zero-order valence-corrected chi connectivity index (χ0v) is 12.1. The summed E-state index contributed by atoms with van der Waals surface area (Å²) < 4.78 is 6.67. The van der Waals surface area contributed by atoms with E-state index in [4.69, 9.17) is 4.74 Å². The molecule has 0 radical (unpaired) electrons. The number of aliphatic hydroxyl groups excluding tert-OH is 1. The first-order chi connectivity index (χ1) is 9.27. The van der Waals surface area contributed by atoms with Crippen LogP contribution in [0.4, 0.5) is 0 Å². The minimum absolute atomic E-state index is 0.663. The van der Waals surface area contributed by atoms with Gasteiger partial charge in [-0.3, -0.25) is 0 Å². The molecule has 1 aliphatic rings. The third-order valence-corrected chi connectivity index (χ3v) is 4.18. The van der Waals surface area contributed by atoms with Gasteiger partial charge < -0.3 is 9.84 Å². The van der Waals surface area contributed by atoms with E-state index in [1.54, 1.807) is 0 Å². The summed E-state index contributed by atoms with van der Waals surface area (Å²) in [6.07, 6.45) is 1.40. The fraction of sp³-hybridized carbons (Fsp3) is 0.250. The van der Waals surface area contributed by atoms with E-state index in [1.165, 1.54) is 5.56 Å². The molecular formula is C16H15BrO2. The maximum atomic E-state index is 10.6. The Morgan fingerprint density at radius 1 is 1.05 bits per heavy atom. The molecule has 2 nitrogen and oxygen atoms in total. The van der Waals surface area contributed by atoms with Gasteiger partial charge in [0.1, 0.15) is 11.9 Å². The number of aliphatic hydroxyl groups is 1. The van der Waals surface area contributed by atoms with Crippen molar-refractivity contribution in [3.05, 3.63) is 63.6 Å². The van der Waals surface area contributed by atoms with Gasteiger partial charge >= 0.3 is 0 Å². The van der Waals surface area contributed by atoms with E-state index in [-0.39, 0.29) is 0 Å². The molecule has 19 heavy (non-hydrogen) atoms. The van der Waals surface area contributed by atoms with Crippen molar-refractivity contribution in [3.8, 4) is 5.75 Å². The highest BCUT2D eigenvalue weighted by Gasteiger charge is 2.21. The molecule has 0 bridgehead atoms. The maximum absolute atomic E-state index is 10.6. The van der Waals surface area contributed by atoms with Crippen molar-refractivity contribution in [2.24, 2.45) is 0 Å². The minimum Gasteiger partial charge on any atom is -0.493 e. The van der Waals surface area contributed by atoms with Gasteiger partial charge in [0.25, 0.3) is 0 Å². The predicted octanol–water partition coefficient (Wildman–Crippen LogP) is 3.86. The van der Waals surface area contributed by atoms with E-state index in [2.05, 4.69) is 22.0 Å². The van der Waals surface area contributed by atoms with E-state index >= 15 is 0 Å². The predicted molar refractivity (Wildman–Crippen MR) is 78.5 cm³/mol. The smallest absolute Gasteiger partial charge is 0.128 e. The molecule has 1 atom stereocenters. The average molecular weight is 319 g/mol. The van der Waals surface area contributed by atoms with E-state index in [9.17, 15) is 5.11 Å². The number of para-hydroxylation sites is 1. The molecule has 1 aliphatic heterocycles. The molecule has 0 aliphatic carbocycles. The lowest BCUT2D eigenvalue weighted by molar-refractivity contribution is 0.206. The molecule has 3 heteroatoms. The molecule has 2 aromatic carbocycles. The molecule has 0 amide bonds. The normalized spacial score (nSPS) is 15.5. The van der Waals surface area contributed by atoms with Crippen molar-refractivity contribution in [2.75, 3.05) is 6.61 Å². The summed E-state index contributed by atoms with van der Waals surface area (Å²) in [4.78, 5) is 0. The molecule has 3 rings (SSSR count). The Kier molecular flexibility index (Phi) is 3.58. The summed E-state index contributed by atoms with van der Waals surface area (Å²) in [5.41, 5.74) is 2.91. The number of hydrogen-bond donors (Lipinski definition) is 1. The first kappa shape index (κ1) is 12.7. The molecule has 1 unspecified atom stereocenters. The molecule has 0 spiro atoms. The topological polar surface area (TPSA) is 29.5 Å². The van der Waals surface area contributed by atoms with Crippen LogP contribution in [0.25, 0.3) is 0 Å². The Hall–Kier alpha value is -1.32. The van der Waals surface area contributed by atoms with Gasteiger partial charge in [0.2, 0.25) is 0 Å². The minimum atomic E-state index is -0.663. The van der Waals surface area contributed by atoms with Gasteiger partial charge in [-0.05, 0) is 30.0 Å². The van der Waals surface area contributed by atoms with Crippen LogP contribution < -0.4 is 4.74 Å². The van der Waals surface area contributed by atoms with Crippen LogP contribution >= 0.6 is 15.9 Å².